The third-order valence-electron chi connectivity index (χ3n) is 8.73. The quantitative estimate of drug-likeness (QED) is 0.546. The van der Waals surface area contributed by atoms with Crippen LogP contribution < -0.4 is 5.32 Å². The Balaban J connectivity index is 1.39. The van der Waals surface area contributed by atoms with Crippen LogP contribution in [-0.4, -0.2) is 63.4 Å². The standard InChI is InChI=1S/C29H42N4O3/c1-22-11-7-8-17-31(22)18-10-19-33-27(34)25-16-15-24(26-14-9-20-36-26)32(25)21-29(33,2)28(35)30-23-12-5-3-4-6-13-23/h9,14-16,20,22-23H,3-8,10-13,17-19,21H2,1-2H3,(H,30,35)/t22-,29+/m0/s1. The highest BCUT2D eigenvalue weighted by Gasteiger charge is 2.48. The van der Waals surface area contributed by atoms with Gasteiger partial charge in [-0.15, -0.1) is 0 Å². The molecule has 7 heteroatoms. The van der Waals surface area contributed by atoms with E-state index < -0.39 is 5.54 Å². The number of hydrogen-bond donors (Lipinski definition) is 1. The first-order valence-electron chi connectivity index (χ1n) is 14.1. The zero-order chi connectivity index (χ0) is 25.1. The van der Waals surface area contributed by atoms with Gasteiger partial charge in [0, 0.05) is 25.2 Å². The number of nitrogens with zero attached hydrogens (tertiary/aromatic N) is 3. The molecule has 3 aliphatic rings. The summed E-state index contributed by atoms with van der Waals surface area (Å²) in [4.78, 5) is 32.2. The minimum atomic E-state index is -0.954. The summed E-state index contributed by atoms with van der Waals surface area (Å²) in [5.41, 5.74) is 0.524. The Morgan fingerprint density at radius 3 is 2.50 bits per heavy atom. The second-order valence-electron chi connectivity index (χ2n) is 11.3. The van der Waals surface area contributed by atoms with Crippen LogP contribution in [0.5, 0.6) is 0 Å². The number of aromatic nitrogens is 1. The van der Waals surface area contributed by atoms with Gasteiger partial charge in [-0.05, 0) is 76.8 Å². The number of carbonyl (C=O) groups excluding carboxylic acids is 2. The highest BCUT2D eigenvalue weighted by atomic mass is 16.3. The first-order valence-corrected chi connectivity index (χ1v) is 14.1. The maximum absolute atomic E-state index is 14.0. The highest BCUT2D eigenvalue weighted by Crippen LogP contribution is 2.34. The molecule has 1 saturated heterocycles. The van der Waals surface area contributed by atoms with Gasteiger partial charge in [0.05, 0.1) is 18.5 Å². The summed E-state index contributed by atoms with van der Waals surface area (Å²) in [6, 6.07) is 8.36. The lowest BCUT2D eigenvalue weighted by Gasteiger charge is -2.45. The van der Waals surface area contributed by atoms with Gasteiger partial charge in [0.2, 0.25) is 5.91 Å². The molecule has 1 N–H and O–H groups in total. The summed E-state index contributed by atoms with van der Waals surface area (Å²) in [6.07, 6.45) is 13.1. The lowest BCUT2D eigenvalue weighted by molar-refractivity contribution is -0.133. The molecule has 2 aromatic rings. The molecule has 0 radical (unpaired) electrons. The Labute approximate surface area is 215 Å². The summed E-state index contributed by atoms with van der Waals surface area (Å²) >= 11 is 0. The number of rotatable bonds is 7. The number of hydrogen-bond acceptors (Lipinski definition) is 4. The van der Waals surface area contributed by atoms with Crippen LogP contribution >= 0.6 is 0 Å². The maximum atomic E-state index is 14.0. The molecule has 36 heavy (non-hydrogen) atoms. The highest BCUT2D eigenvalue weighted by molar-refractivity contribution is 6.00. The largest absolute Gasteiger partial charge is 0.463 e. The third kappa shape index (κ3) is 4.99. The third-order valence-corrected chi connectivity index (χ3v) is 8.73. The predicted molar refractivity (Wildman–Crippen MR) is 141 cm³/mol. The van der Waals surface area contributed by atoms with Gasteiger partial charge in [0.1, 0.15) is 17.0 Å². The number of furan rings is 1. The monoisotopic (exact) mass is 494 g/mol. The molecular weight excluding hydrogens is 452 g/mol. The second-order valence-corrected chi connectivity index (χ2v) is 11.3. The lowest BCUT2D eigenvalue weighted by Crippen LogP contribution is -2.65. The number of piperidine rings is 1. The van der Waals surface area contributed by atoms with Crippen molar-refractivity contribution in [3.05, 3.63) is 36.2 Å². The lowest BCUT2D eigenvalue weighted by atomic mass is 9.93. The molecular formula is C29H42N4O3. The van der Waals surface area contributed by atoms with E-state index in [1.165, 1.54) is 32.1 Å². The van der Waals surface area contributed by atoms with Crippen molar-refractivity contribution < 1.29 is 14.0 Å². The fourth-order valence-electron chi connectivity index (χ4n) is 6.45. The van der Waals surface area contributed by atoms with Gasteiger partial charge in [-0.2, -0.15) is 0 Å². The van der Waals surface area contributed by atoms with E-state index in [2.05, 4.69) is 17.1 Å². The van der Waals surface area contributed by atoms with Gasteiger partial charge in [-0.1, -0.05) is 32.1 Å². The summed E-state index contributed by atoms with van der Waals surface area (Å²) in [5.74, 6) is 0.621. The molecule has 196 valence electrons. The Morgan fingerprint density at radius 1 is 1.03 bits per heavy atom. The van der Waals surface area contributed by atoms with Crippen LogP contribution in [0.25, 0.3) is 11.5 Å². The Hall–Kier alpha value is -2.54. The van der Waals surface area contributed by atoms with Crippen LogP contribution in [0, 0.1) is 0 Å². The molecule has 0 spiro atoms. The molecule has 7 nitrogen and oxygen atoms in total. The number of fused-ring (bicyclic) bond motifs is 1. The van der Waals surface area contributed by atoms with Crippen molar-refractivity contribution in [2.75, 3.05) is 19.6 Å². The molecule has 0 bridgehead atoms. The Kier molecular flexibility index (Phi) is 7.56. The number of nitrogens with one attached hydrogen (secondary N) is 1. The van der Waals surface area contributed by atoms with Crippen molar-refractivity contribution in [1.29, 1.82) is 0 Å². The summed E-state index contributed by atoms with van der Waals surface area (Å²) in [6.45, 7) is 7.36. The van der Waals surface area contributed by atoms with Crippen molar-refractivity contribution in [2.45, 2.75) is 102 Å². The van der Waals surface area contributed by atoms with E-state index in [4.69, 9.17) is 4.42 Å². The average Bonchev–Trinajstić information content (AvgIpc) is 3.47. The SMILES string of the molecule is C[C@H]1CCCCN1CCCN1C(=O)c2ccc(-c3ccco3)n2C[C@]1(C)C(=O)NC1CCCCCC1. The molecule has 4 heterocycles. The van der Waals surface area contributed by atoms with E-state index in [-0.39, 0.29) is 17.9 Å². The van der Waals surface area contributed by atoms with E-state index in [0.717, 1.165) is 50.9 Å². The average molecular weight is 495 g/mol. The van der Waals surface area contributed by atoms with E-state index in [0.29, 0.717) is 30.6 Å². The number of carbonyl (C=O) groups is 2. The molecule has 1 aliphatic carbocycles. The topological polar surface area (TPSA) is 70.7 Å². The van der Waals surface area contributed by atoms with Gasteiger partial charge in [0.15, 0.2) is 0 Å². The van der Waals surface area contributed by atoms with Crippen LogP contribution in [0.3, 0.4) is 0 Å². The summed E-state index contributed by atoms with van der Waals surface area (Å²) < 4.78 is 7.64. The number of amides is 2. The molecule has 2 fully saturated rings. The van der Waals surface area contributed by atoms with Crippen LogP contribution in [0.2, 0.25) is 0 Å². The van der Waals surface area contributed by atoms with Crippen LogP contribution in [0.1, 0.15) is 88.5 Å². The Morgan fingerprint density at radius 2 is 1.78 bits per heavy atom. The van der Waals surface area contributed by atoms with E-state index in [1.54, 1.807) is 6.26 Å². The van der Waals surface area contributed by atoms with Gasteiger partial charge in [0.25, 0.3) is 5.91 Å². The molecule has 0 aromatic carbocycles. The first kappa shape index (κ1) is 25.1. The molecule has 2 aromatic heterocycles. The van der Waals surface area contributed by atoms with Gasteiger partial charge < -0.3 is 24.1 Å². The molecule has 0 unspecified atom stereocenters. The fourth-order valence-corrected chi connectivity index (χ4v) is 6.45. The van der Waals surface area contributed by atoms with Crippen molar-refractivity contribution in [2.24, 2.45) is 0 Å². The summed E-state index contributed by atoms with van der Waals surface area (Å²) in [5, 5.41) is 3.36. The maximum Gasteiger partial charge on any atom is 0.271 e. The molecule has 2 aliphatic heterocycles. The van der Waals surface area contributed by atoms with Gasteiger partial charge in [-0.3, -0.25) is 9.59 Å². The van der Waals surface area contributed by atoms with Crippen molar-refractivity contribution in [3.8, 4) is 11.5 Å². The minimum absolute atomic E-state index is 0.0289. The minimum Gasteiger partial charge on any atom is -0.463 e. The molecule has 5 rings (SSSR count). The molecule has 2 atom stereocenters. The van der Waals surface area contributed by atoms with Crippen LogP contribution in [0.4, 0.5) is 0 Å². The predicted octanol–water partition coefficient (Wildman–Crippen LogP) is 5.07. The fraction of sp³-hybridized carbons (Fsp3) is 0.655. The smallest absolute Gasteiger partial charge is 0.271 e. The second kappa shape index (κ2) is 10.8. The van der Waals surface area contributed by atoms with E-state index in [1.807, 2.05) is 40.7 Å². The van der Waals surface area contributed by atoms with Gasteiger partial charge in [-0.25, -0.2) is 0 Å². The zero-order valence-electron chi connectivity index (χ0n) is 22.0. The van der Waals surface area contributed by atoms with Gasteiger partial charge >= 0.3 is 0 Å². The van der Waals surface area contributed by atoms with Crippen LogP contribution in [-0.2, 0) is 11.3 Å². The normalized spacial score (nSPS) is 26.0. The summed E-state index contributed by atoms with van der Waals surface area (Å²) in [7, 11) is 0. The molecule has 1 saturated carbocycles. The van der Waals surface area contributed by atoms with Crippen molar-refractivity contribution in [3.63, 3.8) is 0 Å². The molecule has 2 amide bonds. The number of likely N-dealkylation sites (tertiary alicyclic amines) is 1. The van der Waals surface area contributed by atoms with Crippen molar-refractivity contribution in [1.82, 2.24) is 19.7 Å². The zero-order valence-corrected chi connectivity index (χ0v) is 22.0. The first-order chi connectivity index (χ1) is 17.5. The van der Waals surface area contributed by atoms with E-state index in [9.17, 15) is 9.59 Å². The Bertz CT molecular complexity index is 1040. The van der Waals surface area contributed by atoms with Crippen LogP contribution in [0.15, 0.2) is 34.9 Å². The van der Waals surface area contributed by atoms with E-state index >= 15 is 0 Å². The van der Waals surface area contributed by atoms with Crippen molar-refractivity contribution >= 4 is 11.8 Å².